The van der Waals surface area contributed by atoms with Gasteiger partial charge in [0.2, 0.25) is 5.12 Å². The van der Waals surface area contributed by atoms with Crippen LogP contribution in [0.4, 0.5) is 0 Å². The zero-order valence-corrected chi connectivity index (χ0v) is 10.1. The summed E-state index contributed by atoms with van der Waals surface area (Å²) in [5, 5.41) is 13.5. The van der Waals surface area contributed by atoms with Crippen molar-refractivity contribution in [2.24, 2.45) is 5.10 Å². The average molecular weight is 266 g/mol. The number of nitrogens with zero attached hydrogens (tertiary/aromatic N) is 1. The minimum absolute atomic E-state index is 0.000827. The molecule has 1 saturated heterocycles. The van der Waals surface area contributed by atoms with Crippen LogP contribution in [0.3, 0.4) is 0 Å². The van der Waals surface area contributed by atoms with Crippen molar-refractivity contribution in [1.29, 1.82) is 0 Å². The number of rotatable bonds is 2. The van der Waals surface area contributed by atoms with Crippen LogP contribution in [0.25, 0.3) is 0 Å². The molecular weight excluding hydrogens is 260 g/mol. The van der Waals surface area contributed by atoms with E-state index in [9.17, 15) is 9.90 Å². The Morgan fingerprint density at radius 2 is 2.07 bits per heavy atom. The van der Waals surface area contributed by atoms with Crippen LogP contribution in [0.1, 0.15) is 0 Å². The lowest BCUT2D eigenvalue weighted by atomic mass is 10.5. The molecule has 2 aliphatic heterocycles. The van der Waals surface area contributed by atoms with Gasteiger partial charge in [-0.25, -0.2) is 0 Å². The normalized spacial score (nSPS) is 25.1. The Morgan fingerprint density at radius 1 is 1.29 bits per heavy atom. The highest BCUT2D eigenvalue weighted by molar-refractivity contribution is 8.84. The van der Waals surface area contributed by atoms with E-state index in [4.69, 9.17) is 0 Å². The quantitative estimate of drug-likeness (QED) is 0.585. The molecular formula is C6H6N2O2S4. The number of nitrogens with one attached hydrogen (secondary N) is 1. The van der Waals surface area contributed by atoms with Crippen LogP contribution in [-0.2, 0) is 4.79 Å². The van der Waals surface area contributed by atoms with Gasteiger partial charge in [-0.1, -0.05) is 21.6 Å². The van der Waals surface area contributed by atoms with Gasteiger partial charge in [0.1, 0.15) is 5.71 Å². The van der Waals surface area contributed by atoms with Crippen molar-refractivity contribution < 1.29 is 9.90 Å². The predicted octanol–water partition coefficient (Wildman–Crippen LogP) is 1.98. The second-order valence-corrected chi connectivity index (χ2v) is 6.99. The SMILES string of the molecule is O=C1SSCC1=NNC1=C(O)SSC1. The van der Waals surface area contributed by atoms with Crippen molar-refractivity contribution in [1.82, 2.24) is 5.43 Å². The van der Waals surface area contributed by atoms with E-state index in [0.29, 0.717) is 22.9 Å². The molecule has 0 bridgehead atoms. The van der Waals surface area contributed by atoms with E-state index >= 15 is 0 Å². The summed E-state index contributed by atoms with van der Waals surface area (Å²) in [7, 11) is 5.54. The Kier molecular flexibility index (Phi) is 3.58. The summed E-state index contributed by atoms with van der Waals surface area (Å²) >= 11 is 0. The highest BCUT2D eigenvalue weighted by atomic mass is 33.1. The molecule has 0 saturated carbocycles. The maximum Gasteiger partial charge on any atom is 0.246 e. The van der Waals surface area contributed by atoms with Crippen LogP contribution in [0.5, 0.6) is 0 Å². The van der Waals surface area contributed by atoms with Gasteiger partial charge in [-0.15, -0.1) is 0 Å². The second kappa shape index (κ2) is 4.73. The molecule has 0 aliphatic carbocycles. The van der Waals surface area contributed by atoms with Crippen molar-refractivity contribution in [3.05, 3.63) is 10.8 Å². The first kappa shape index (κ1) is 10.6. The van der Waals surface area contributed by atoms with Crippen LogP contribution in [-0.4, -0.2) is 27.4 Å². The van der Waals surface area contributed by atoms with E-state index in [2.05, 4.69) is 10.5 Å². The number of carbonyl (C=O) groups is 1. The third-order valence-electron chi connectivity index (χ3n) is 1.49. The number of aliphatic hydroxyl groups excluding tert-OH is 1. The predicted molar refractivity (Wildman–Crippen MR) is 65.3 cm³/mol. The lowest BCUT2D eigenvalue weighted by Crippen LogP contribution is -2.15. The standard InChI is InChI=1S/C6H6N2O2S4/c9-5-3(1-11-13-5)7-8-4-2-12-14-6(4)10/h7,9H,1-2H2. The molecule has 2 rings (SSSR count). The molecule has 2 N–H and O–H groups in total. The van der Waals surface area contributed by atoms with E-state index in [-0.39, 0.29) is 10.2 Å². The first-order chi connectivity index (χ1) is 6.77. The molecule has 0 atom stereocenters. The van der Waals surface area contributed by atoms with Crippen LogP contribution in [0, 0.1) is 0 Å². The zero-order chi connectivity index (χ0) is 9.97. The number of hydrogen-bond donors (Lipinski definition) is 2. The van der Waals surface area contributed by atoms with Crippen molar-refractivity contribution >= 4 is 54.0 Å². The van der Waals surface area contributed by atoms with Gasteiger partial charge in [0, 0.05) is 0 Å². The van der Waals surface area contributed by atoms with Crippen molar-refractivity contribution in [3.8, 4) is 0 Å². The summed E-state index contributed by atoms with van der Waals surface area (Å²) in [6.45, 7) is 0. The van der Waals surface area contributed by atoms with E-state index in [1.54, 1.807) is 0 Å². The molecule has 0 radical (unpaired) electrons. The largest absolute Gasteiger partial charge is 0.500 e. The fraction of sp³-hybridized carbons (Fsp3) is 0.333. The summed E-state index contributed by atoms with van der Waals surface area (Å²) in [5.41, 5.74) is 3.94. The van der Waals surface area contributed by atoms with Crippen molar-refractivity contribution in [2.45, 2.75) is 0 Å². The van der Waals surface area contributed by atoms with E-state index in [0.717, 1.165) is 0 Å². The van der Waals surface area contributed by atoms with Gasteiger partial charge < -0.3 is 5.11 Å². The third-order valence-corrected chi connectivity index (χ3v) is 5.66. The maximum atomic E-state index is 11.1. The minimum atomic E-state index is 0.000827. The molecule has 1 fully saturated rings. The number of hydrazone groups is 1. The lowest BCUT2D eigenvalue weighted by Gasteiger charge is -1.99. The smallest absolute Gasteiger partial charge is 0.246 e. The highest BCUT2D eigenvalue weighted by Crippen LogP contribution is 2.38. The van der Waals surface area contributed by atoms with Crippen molar-refractivity contribution in [2.75, 3.05) is 11.5 Å². The fourth-order valence-electron chi connectivity index (χ4n) is 0.795. The molecule has 0 aromatic rings. The first-order valence-electron chi connectivity index (χ1n) is 3.65. The Bertz CT molecular complexity index is 328. The monoisotopic (exact) mass is 266 g/mol. The molecule has 2 heterocycles. The first-order valence-corrected chi connectivity index (χ1v) is 8.29. The lowest BCUT2D eigenvalue weighted by molar-refractivity contribution is -0.105. The molecule has 0 spiro atoms. The maximum absolute atomic E-state index is 11.1. The molecule has 0 aromatic carbocycles. The highest BCUT2D eigenvalue weighted by Gasteiger charge is 2.22. The molecule has 4 nitrogen and oxygen atoms in total. The number of aliphatic hydroxyl groups is 1. The van der Waals surface area contributed by atoms with Gasteiger partial charge in [-0.2, -0.15) is 5.10 Å². The van der Waals surface area contributed by atoms with Gasteiger partial charge in [-0.05, 0) is 21.6 Å². The van der Waals surface area contributed by atoms with Crippen LogP contribution >= 0.6 is 43.2 Å². The molecule has 0 unspecified atom stereocenters. The molecule has 14 heavy (non-hydrogen) atoms. The van der Waals surface area contributed by atoms with Crippen molar-refractivity contribution in [3.63, 3.8) is 0 Å². The van der Waals surface area contributed by atoms with Gasteiger partial charge in [0.05, 0.1) is 17.2 Å². The average Bonchev–Trinajstić information content (AvgIpc) is 2.72. The zero-order valence-electron chi connectivity index (χ0n) is 6.85. The van der Waals surface area contributed by atoms with Gasteiger partial charge in [-0.3, -0.25) is 10.2 Å². The Balaban J connectivity index is 1.99. The van der Waals surface area contributed by atoms with Crippen LogP contribution < -0.4 is 5.43 Å². The summed E-state index contributed by atoms with van der Waals surface area (Å²) in [5.74, 6) is 1.33. The second-order valence-electron chi connectivity index (χ2n) is 2.43. The van der Waals surface area contributed by atoms with Gasteiger partial charge >= 0.3 is 0 Å². The van der Waals surface area contributed by atoms with E-state index in [1.807, 2.05) is 0 Å². The molecule has 0 amide bonds. The Morgan fingerprint density at radius 3 is 2.64 bits per heavy atom. The van der Waals surface area contributed by atoms with Crippen LogP contribution in [0.2, 0.25) is 0 Å². The minimum Gasteiger partial charge on any atom is -0.500 e. The topological polar surface area (TPSA) is 61.7 Å². The fourth-order valence-corrected chi connectivity index (χ4v) is 4.66. The summed E-state index contributed by atoms with van der Waals surface area (Å²) < 4.78 is 0. The van der Waals surface area contributed by atoms with Crippen LogP contribution in [0.15, 0.2) is 15.9 Å². The van der Waals surface area contributed by atoms with Gasteiger partial charge in [0.15, 0.2) is 5.09 Å². The Labute approximate surface area is 96.5 Å². The summed E-state index contributed by atoms with van der Waals surface area (Å²) in [6, 6.07) is 0. The molecule has 2 aliphatic rings. The molecule has 0 aromatic heterocycles. The third kappa shape index (κ3) is 2.36. The molecule has 8 heteroatoms. The molecule has 76 valence electrons. The summed E-state index contributed by atoms with van der Waals surface area (Å²) in [6.07, 6.45) is 0. The van der Waals surface area contributed by atoms with E-state index in [1.165, 1.54) is 43.2 Å². The number of carbonyl (C=O) groups excluding carboxylic acids is 1. The van der Waals surface area contributed by atoms with E-state index < -0.39 is 0 Å². The van der Waals surface area contributed by atoms with Gasteiger partial charge in [0.25, 0.3) is 0 Å². The number of hydrogen-bond acceptors (Lipinski definition) is 8. The Hall–Kier alpha value is 0.0800. The summed E-state index contributed by atoms with van der Waals surface area (Å²) in [4.78, 5) is 11.1.